The van der Waals surface area contributed by atoms with Gasteiger partial charge in [-0.25, -0.2) is 14.5 Å². The second kappa shape index (κ2) is 18.2. The topological polar surface area (TPSA) is 177 Å². The van der Waals surface area contributed by atoms with Crippen LogP contribution in [-0.2, 0) is 23.4 Å². The number of nitrogens with one attached hydrogen (secondary N) is 2. The number of benzene rings is 5. The summed E-state index contributed by atoms with van der Waals surface area (Å²) in [5.74, 6) is -0.0390. The quantitative estimate of drug-likeness (QED) is 0.0645. The number of carbonyl (C=O) groups excluding carboxylic acids is 2. The Morgan fingerprint density at radius 3 is 2.03 bits per heavy atom. The van der Waals surface area contributed by atoms with Gasteiger partial charge >= 0.3 is 12.0 Å². The summed E-state index contributed by atoms with van der Waals surface area (Å²) in [6.45, 7) is 0.967. The van der Waals surface area contributed by atoms with Crippen LogP contribution < -0.4 is 25.1 Å². The lowest BCUT2D eigenvalue weighted by atomic mass is 9.77. The number of methoxy groups -OCH3 is 1. The van der Waals surface area contributed by atoms with Crippen LogP contribution in [0, 0.1) is 0 Å². The second-order valence-corrected chi connectivity index (χ2v) is 13.7. The van der Waals surface area contributed by atoms with Gasteiger partial charge in [-0.1, -0.05) is 103 Å². The molecule has 0 aliphatic carbocycles. The first-order valence-corrected chi connectivity index (χ1v) is 19.4. The highest BCUT2D eigenvalue weighted by Gasteiger charge is 2.39. The van der Waals surface area contributed by atoms with Crippen LogP contribution >= 0.6 is 0 Å². The summed E-state index contributed by atoms with van der Waals surface area (Å²) in [6.07, 6.45) is 3.11. The zero-order valence-corrected chi connectivity index (χ0v) is 33.0. The standard InChI is InChI=1S/C46H40N8O7/c1-58-44(57)33-20-22-37(23-21-33)59-25-24-53-40-39(30-49-53)50-41(51-42(40)55)43(56)47-29-32-12-11-19-38(28-32)60-26-27-61-45-48-31-54(52-45)46(34-13-5-2-6-14-34,35-15-7-3-8-16-35)36-17-9-4-10-18-36/h2-23,28,30-31H,24-27,29H2,1H3,(H,47,56)(H,50,51,55). The molecule has 0 radical (unpaired) electrons. The van der Waals surface area contributed by atoms with Crippen molar-refractivity contribution in [2.75, 3.05) is 26.9 Å². The Labute approximate surface area is 349 Å². The normalized spacial score (nSPS) is 11.2. The first-order valence-electron chi connectivity index (χ1n) is 19.4. The van der Waals surface area contributed by atoms with Gasteiger partial charge in [0.1, 0.15) is 48.7 Å². The monoisotopic (exact) mass is 816 g/mol. The van der Waals surface area contributed by atoms with E-state index in [4.69, 9.17) is 24.0 Å². The minimum atomic E-state index is -0.812. The number of nitrogens with zero attached hydrogens (tertiary/aromatic N) is 6. The SMILES string of the molecule is COC(=O)c1ccc(OCCn2ncc3nc(C(=O)NCc4cccc(OCCOc5ncn(C(c6ccccc6)(c6ccccc6)c6ccccc6)n5)c4)[nH]c(=O)c32)cc1. The Balaban J connectivity index is 0.856. The summed E-state index contributed by atoms with van der Waals surface area (Å²) in [4.78, 5) is 49.2. The number of H-pyrrole nitrogens is 1. The maximum absolute atomic E-state index is 13.1. The molecule has 0 aliphatic rings. The average molecular weight is 817 g/mol. The molecule has 0 bridgehead atoms. The maximum atomic E-state index is 13.1. The van der Waals surface area contributed by atoms with Gasteiger partial charge in [0.05, 0.1) is 25.4 Å². The van der Waals surface area contributed by atoms with Crippen molar-refractivity contribution in [1.82, 2.24) is 39.8 Å². The van der Waals surface area contributed by atoms with E-state index in [0.717, 1.165) is 22.3 Å². The maximum Gasteiger partial charge on any atom is 0.337 e. The van der Waals surface area contributed by atoms with Crippen molar-refractivity contribution in [3.8, 4) is 17.5 Å². The molecule has 8 aromatic rings. The summed E-state index contributed by atoms with van der Waals surface area (Å²) in [5.41, 5.74) is 3.36. The fourth-order valence-electron chi connectivity index (χ4n) is 7.05. The number of hydrogen-bond acceptors (Lipinski definition) is 11. The van der Waals surface area contributed by atoms with Gasteiger partial charge in [0.25, 0.3) is 11.5 Å². The highest BCUT2D eigenvalue weighted by Crippen LogP contribution is 2.40. The highest BCUT2D eigenvalue weighted by molar-refractivity contribution is 5.92. The summed E-state index contributed by atoms with van der Waals surface area (Å²) in [6, 6.07) is 44.5. The molecule has 0 atom stereocenters. The second-order valence-electron chi connectivity index (χ2n) is 13.7. The van der Waals surface area contributed by atoms with Crippen molar-refractivity contribution in [2.24, 2.45) is 0 Å². The minimum Gasteiger partial charge on any atom is -0.492 e. The number of carbonyl (C=O) groups is 2. The van der Waals surface area contributed by atoms with Crippen LogP contribution in [0.4, 0.5) is 0 Å². The van der Waals surface area contributed by atoms with Crippen molar-refractivity contribution in [1.29, 1.82) is 0 Å². The number of esters is 1. The third kappa shape index (κ3) is 8.71. The van der Waals surface area contributed by atoms with Crippen LogP contribution in [0.3, 0.4) is 0 Å². The van der Waals surface area contributed by atoms with E-state index in [-0.39, 0.29) is 55.8 Å². The minimum absolute atomic E-state index is 0.145. The van der Waals surface area contributed by atoms with Gasteiger partial charge in [-0.3, -0.25) is 14.3 Å². The molecule has 0 spiro atoms. The predicted molar refractivity (Wildman–Crippen MR) is 225 cm³/mol. The number of aromatic nitrogens is 7. The molecule has 0 saturated carbocycles. The largest absolute Gasteiger partial charge is 0.492 e. The summed E-state index contributed by atoms with van der Waals surface area (Å²) in [7, 11) is 1.31. The van der Waals surface area contributed by atoms with E-state index in [1.54, 1.807) is 36.7 Å². The first kappa shape index (κ1) is 39.7. The van der Waals surface area contributed by atoms with E-state index >= 15 is 0 Å². The highest BCUT2D eigenvalue weighted by atomic mass is 16.5. The lowest BCUT2D eigenvalue weighted by molar-refractivity contribution is 0.0600. The van der Waals surface area contributed by atoms with E-state index in [0.29, 0.717) is 17.1 Å². The van der Waals surface area contributed by atoms with E-state index in [2.05, 4.69) is 61.8 Å². The molecular weight excluding hydrogens is 777 g/mol. The summed E-state index contributed by atoms with van der Waals surface area (Å²) in [5, 5.41) is 11.9. The molecule has 5 aromatic carbocycles. The lowest BCUT2D eigenvalue weighted by Gasteiger charge is -2.35. The lowest BCUT2D eigenvalue weighted by Crippen LogP contribution is -2.38. The Bertz CT molecular complexity index is 2690. The number of rotatable bonds is 17. The van der Waals surface area contributed by atoms with Crippen molar-refractivity contribution in [3.05, 3.63) is 196 Å². The van der Waals surface area contributed by atoms with E-state index in [9.17, 15) is 14.4 Å². The first-order chi connectivity index (χ1) is 29.9. The molecule has 0 unspecified atom stereocenters. The van der Waals surface area contributed by atoms with Crippen LogP contribution in [0.15, 0.2) is 157 Å². The van der Waals surface area contributed by atoms with Gasteiger partial charge in [0.2, 0.25) is 0 Å². The summed E-state index contributed by atoms with van der Waals surface area (Å²) >= 11 is 0. The van der Waals surface area contributed by atoms with Gasteiger partial charge in [-0.2, -0.15) is 10.1 Å². The van der Waals surface area contributed by atoms with Crippen LogP contribution in [0.5, 0.6) is 17.5 Å². The molecular formula is C46H40N8O7. The third-order valence-electron chi connectivity index (χ3n) is 9.89. The summed E-state index contributed by atoms with van der Waals surface area (Å²) < 4.78 is 25.7. The Morgan fingerprint density at radius 2 is 1.38 bits per heavy atom. The van der Waals surface area contributed by atoms with Crippen LogP contribution in [0.1, 0.15) is 43.2 Å². The number of fused-ring (bicyclic) bond motifs is 1. The molecule has 0 saturated heterocycles. The molecule has 2 N–H and O–H groups in total. The fourth-order valence-corrected chi connectivity index (χ4v) is 7.05. The van der Waals surface area contributed by atoms with Gasteiger partial charge in [0, 0.05) is 6.54 Å². The molecule has 1 amide bonds. The van der Waals surface area contributed by atoms with Gasteiger partial charge in [0.15, 0.2) is 11.3 Å². The molecule has 306 valence electrons. The average Bonchev–Trinajstić information content (AvgIpc) is 3.96. The zero-order valence-electron chi connectivity index (χ0n) is 33.0. The number of ether oxygens (including phenoxy) is 4. The molecule has 0 fully saturated rings. The number of amides is 1. The Morgan fingerprint density at radius 1 is 0.738 bits per heavy atom. The van der Waals surface area contributed by atoms with Crippen LogP contribution in [-0.4, -0.2) is 73.3 Å². The van der Waals surface area contributed by atoms with Crippen molar-refractivity contribution in [2.45, 2.75) is 18.6 Å². The van der Waals surface area contributed by atoms with E-state index in [1.807, 2.05) is 77.5 Å². The smallest absolute Gasteiger partial charge is 0.337 e. The molecule has 0 aliphatic heterocycles. The number of aromatic amines is 1. The van der Waals surface area contributed by atoms with Gasteiger partial charge < -0.3 is 29.2 Å². The van der Waals surface area contributed by atoms with Gasteiger partial charge in [-0.15, -0.1) is 5.10 Å². The molecule has 3 aromatic heterocycles. The van der Waals surface area contributed by atoms with Crippen molar-refractivity contribution >= 4 is 22.9 Å². The molecule has 15 nitrogen and oxygen atoms in total. The Kier molecular flexibility index (Phi) is 11.9. The van der Waals surface area contributed by atoms with Crippen LogP contribution in [0.25, 0.3) is 11.0 Å². The number of hydrogen-bond donors (Lipinski definition) is 2. The van der Waals surface area contributed by atoms with E-state index in [1.165, 1.54) is 18.0 Å². The molecule has 15 heteroatoms. The predicted octanol–water partition coefficient (Wildman–Crippen LogP) is 5.80. The molecule has 3 heterocycles. The van der Waals surface area contributed by atoms with Crippen LogP contribution in [0.2, 0.25) is 0 Å². The van der Waals surface area contributed by atoms with Crippen molar-refractivity contribution in [3.63, 3.8) is 0 Å². The fraction of sp³-hybridized carbons (Fsp3) is 0.152. The molecule has 61 heavy (non-hydrogen) atoms. The van der Waals surface area contributed by atoms with Crippen molar-refractivity contribution < 1.29 is 28.5 Å². The molecule has 8 rings (SSSR count). The van der Waals surface area contributed by atoms with E-state index < -0.39 is 23.0 Å². The zero-order chi connectivity index (χ0) is 42.0. The Hall–Kier alpha value is -8.07. The third-order valence-corrected chi connectivity index (χ3v) is 9.89. The van der Waals surface area contributed by atoms with Gasteiger partial charge in [-0.05, 0) is 58.7 Å².